The monoisotopic (exact) mass is 151 g/mol. The summed E-state index contributed by atoms with van der Waals surface area (Å²) in [5.41, 5.74) is 0. The van der Waals surface area contributed by atoms with Crippen LogP contribution in [0, 0.1) is 6.92 Å². The quantitative estimate of drug-likeness (QED) is 0.569. The lowest BCUT2D eigenvalue weighted by molar-refractivity contribution is 0.398. The van der Waals surface area contributed by atoms with Gasteiger partial charge in [0, 0.05) is 0 Å². The third kappa shape index (κ3) is 0.812. The average Bonchev–Trinajstić information content (AvgIpc) is 1.98. The lowest BCUT2D eigenvalue weighted by Crippen LogP contribution is -1.59. The Labute approximate surface area is 56.4 Å². The summed E-state index contributed by atoms with van der Waals surface area (Å²) in [7, 11) is 0. The average molecular weight is 152 g/mol. The summed E-state index contributed by atoms with van der Waals surface area (Å²) in [6, 6.07) is 0. The molecule has 0 aromatic carbocycles. The van der Waals surface area contributed by atoms with Crippen LogP contribution in [0.25, 0.3) is 0 Å². The lowest BCUT2D eigenvalue weighted by atomic mass is 10.5. The van der Waals surface area contributed by atoms with E-state index in [-0.39, 0.29) is 5.15 Å². The van der Waals surface area contributed by atoms with Gasteiger partial charge in [0.1, 0.15) is 5.02 Å². The zero-order valence-corrected chi connectivity index (χ0v) is 5.62. The lowest BCUT2D eigenvalue weighted by Gasteiger charge is -1.75. The molecule has 1 heterocycles. The SMILES string of the molecule is Cc1onc(Cl)c1Cl. The van der Waals surface area contributed by atoms with E-state index in [9.17, 15) is 0 Å². The largest absolute Gasteiger partial charge is 0.359 e. The second-order valence-corrected chi connectivity index (χ2v) is 2.08. The van der Waals surface area contributed by atoms with Crippen molar-refractivity contribution in [2.24, 2.45) is 0 Å². The van der Waals surface area contributed by atoms with Gasteiger partial charge >= 0.3 is 0 Å². The number of aryl methyl sites for hydroxylation is 1. The van der Waals surface area contributed by atoms with Gasteiger partial charge in [0.15, 0.2) is 10.9 Å². The van der Waals surface area contributed by atoms with E-state index in [0.717, 1.165) is 0 Å². The standard InChI is InChI=1S/C4H3Cl2NO/c1-2-3(5)4(6)7-8-2/h1H3. The Hall–Kier alpha value is -0.210. The predicted molar refractivity (Wildman–Crippen MR) is 31.3 cm³/mol. The molecule has 0 N–H and O–H groups in total. The highest BCUT2D eigenvalue weighted by Gasteiger charge is 2.05. The van der Waals surface area contributed by atoms with Crippen LogP contribution >= 0.6 is 23.2 Å². The molecule has 0 fully saturated rings. The van der Waals surface area contributed by atoms with Gasteiger partial charge in [0.05, 0.1) is 0 Å². The van der Waals surface area contributed by atoms with Gasteiger partial charge in [-0.2, -0.15) is 0 Å². The summed E-state index contributed by atoms with van der Waals surface area (Å²) in [6.07, 6.45) is 0. The van der Waals surface area contributed by atoms with Crippen molar-refractivity contribution < 1.29 is 4.52 Å². The molecule has 0 bridgehead atoms. The van der Waals surface area contributed by atoms with Crippen molar-refractivity contribution in [2.45, 2.75) is 6.92 Å². The van der Waals surface area contributed by atoms with Gasteiger partial charge in [-0.3, -0.25) is 0 Å². The molecular formula is C4H3Cl2NO. The van der Waals surface area contributed by atoms with E-state index in [2.05, 4.69) is 9.68 Å². The van der Waals surface area contributed by atoms with Crippen LogP contribution < -0.4 is 0 Å². The first kappa shape index (κ1) is 5.92. The molecule has 4 heteroatoms. The Morgan fingerprint density at radius 1 is 1.50 bits per heavy atom. The Morgan fingerprint density at radius 2 is 2.12 bits per heavy atom. The minimum absolute atomic E-state index is 0.226. The van der Waals surface area contributed by atoms with Crippen molar-refractivity contribution in [2.75, 3.05) is 0 Å². The van der Waals surface area contributed by atoms with Gasteiger partial charge in [-0.25, -0.2) is 0 Å². The summed E-state index contributed by atoms with van der Waals surface area (Å²) in [5, 5.41) is 4.00. The first-order valence-corrected chi connectivity index (χ1v) is 2.74. The fourth-order valence-electron chi connectivity index (χ4n) is 0.334. The van der Waals surface area contributed by atoms with Gasteiger partial charge in [0.2, 0.25) is 0 Å². The van der Waals surface area contributed by atoms with E-state index >= 15 is 0 Å². The number of hydrogen-bond acceptors (Lipinski definition) is 2. The highest BCUT2D eigenvalue weighted by molar-refractivity contribution is 6.41. The maximum atomic E-state index is 5.51. The molecule has 1 aromatic heterocycles. The maximum Gasteiger partial charge on any atom is 0.191 e. The van der Waals surface area contributed by atoms with E-state index in [4.69, 9.17) is 23.2 Å². The highest BCUT2D eigenvalue weighted by atomic mass is 35.5. The molecule has 0 aliphatic rings. The van der Waals surface area contributed by atoms with Crippen LogP contribution in [0.2, 0.25) is 10.2 Å². The molecule has 1 rings (SSSR count). The molecule has 2 nitrogen and oxygen atoms in total. The van der Waals surface area contributed by atoms with Gasteiger partial charge in [0.25, 0.3) is 0 Å². The van der Waals surface area contributed by atoms with Crippen LogP contribution in [0.3, 0.4) is 0 Å². The molecule has 1 aromatic rings. The molecule has 0 atom stereocenters. The van der Waals surface area contributed by atoms with Crippen molar-refractivity contribution in [3.63, 3.8) is 0 Å². The van der Waals surface area contributed by atoms with E-state index in [0.29, 0.717) is 10.8 Å². The Bertz CT molecular complexity index is 176. The molecule has 44 valence electrons. The van der Waals surface area contributed by atoms with Crippen molar-refractivity contribution in [1.29, 1.82) is 0 Å². The van der Waals surface area contributed by atoms with Crippen LogP contribution in [0.4, 0.5) is 0 Å². The normalized spacial score (nSPS) is 9.88. The van der Waals surface area contributed by atoms with Crippen molar-refractivity contribution in [3.05, 3.63) is 15.9 Å². The topological polar surface area (TPSA) is 26.0 Å². The van der Waals surface area contributed by atoms with Gasteiger partial charge in [-0.15, -0.1) is 0 Å². The van der Waals surface area contributed by atoms with Crippen molar-refractivity contribution in [1.82, 2.24) is 5.16 Å². The summed E-state index contributed by atoms with van der Waals surface area (Å²) >= 11 is 10.9. The summed E-state index contributed by atoms with van der Waals surface area (Å²) in [5.74, 6) is 0.552. The van der Waals surface area contributed by atoms with Crippen LogP contribution in [0.1, 0.15) is 5.76 Å². The molecule has 8 heavy (non-hydrogen) atoms. The number of nitrogens with zero attached hydrogens (tertiary/aromatic N) is 1. The number of aromatic nitrogens is 1. The minimum Gasteiger partial charge on any atom is -0.359 e. The predicted octanol–water partition coefficient (Wildman–Crippen LogP) is 2.29. The molecule has 0 spiro atoms. The summed E-state index contributed by atoms with van der Waals surface area (Å²) < 4.78 is 4.58. The van der Waals surface area contributed by atoms with E-state index in [1.54, 1.807) is 6.92 Å². The van der Waals surface area contributed by atoms with Crippen molar-refractivity contribution >= 4 is 23.2 Å². The molecular weight excluding hydrogens is 149 g/mol. The Morgan fingerprint density at radius 3 is 2.25 bits per heavy atom. The third-order valence-corrected chi connectivity index (χ3v) is 1.55. The molecule has 0 amide bonds. The van der Waals surface area contributed by atoms with Crippen LogP contribution in [-0.4, -0.2) is 5.16 Å². The molecule has 0 unspecified atom stereocenters. The van der Waals surface area contributed by atoms with E-state index in [1.165, 1.54) is 0 Å². The van der Waals surface area contributed by atoms with E-state index in [1.807, 2.05) is 0 Å². The minimum atomic E-state index is 0.226. The van der Waals surface area contributed by atoms with Gasteiger partial charge in [-0.1, -0.05) is 28.4 Å². The number of hydrogen-bond donors (Lipinski definition) is 0. The molecule has 0 saturated heterocycles. The van der Waals surface area contributed by atoms with Crippen molar-refractivity contribution in [3.8, 4) is 0 Å². The van der Waals surface area contributed by atoms with Crippen LogP contribution in [0.15, 0.2) is 4.52 Å². The molecule has 0 aliphatic carbocycles. The molecule has 0 radical (unpaired) electrons. The zero-order chi connectivity index (χ0) is 6.15. The fraction of sp³-hybridized carbons (Fsp3) is 0.250. The van der Waals surface area contributed by atoms with Gasteiger partial charge in [-0.05, 0) is 6.92 Å². The van der Waals surface area contributed by atoms with Crippen LogP contribution in [0.5, 0.6) is 0 Å². The third-order valence-electron chi connectivity index (χ3n) is 0.753. The molecule has 0 saturated carbocycles. The Balaban J connectivity index is 3.19. The van der Waals surface area contributed by atoms with E-state index < -0.39 is 0 Å². The first-order valence-electron chi connectivity index (χ1n) is 1.99. The second kappa shape index (κ2) is 1.96. The number of rotatable bonds is 0. The number of halogens is 2. The molecule has 0 aliphatic heterocycles. The second-order valence-electron chi connectivity index (χ2n) is 1.34. The van der Waals surface area contributed by atoms with Crippen LogP contribution in [-0.2, 0) is 0 Å². The fourth-order valence-corrected chi connectivity index (χ4v) is 0.571. The zero-order valence-electron chi connectivity index (χ0n) is 4.11. The highest BCUT2D eigenvalue weighted by Crippen LogP contribution is 2.23. The summed E-state index contributed by atoms with van der Waals surface area (Å²) in [6.45, 7) is 1.70. The maximum absolute atomic E-state index is 5.51. The summed E-state index contributed by atoms with van der Waals surface area (Å²) in [4.78, 5) is 0. The Kier molecular flexibility index (Phi) is 1.45. The first-order chi connectivity index (χ1) is 3.72. The smallest absolute Gasteiger partial charge is 0.191 e. The van der Waals surface area contributed by atoms with Gasteiger partial charge < -0.3 is 4.52 Å².